The van der Waals surface area contributed by atoms with Crippen LogP contribution in [0.25, 0.3) is 0 Å². The number of benzene rings is 1. The van der Waals surface area contributed by atoms with Gasteiger partial charge in [0.1, 0.15) is 5.75 Å². The van der Waals surface area contributed by atoms with Crippen molar-refractivity contribution < 1.29 is 9.53 Å². The van der Waals surface area contributed by atoms with Crippen molar-refractivity contribution >= 4 is 22.0 Å². The van der Waals surface area contributed by atoms with Crippen molar-refractivity contribution in [2.75, 3.05) is 53.9 Å². The summed E-state index contributed by atoms with van der Waals surface area (Å²) < 4.78 is 6.57. The first-order valence-electron chi connectivity index (χ1n) is 11.0. The maximum absolute atomic E-state index is 12.2. The number of hydrogen-bond donors (Lipinski definition) is 0. The number of halogens is 1. The standard InChI is InChI=1S/C23H36BrN3O2/c1-25(2)23(28)27-11-4-5-19(17-27)10-14-26-12-8-18(9-13-26)15-20-16-21(29-3)6-7-22(20)24/h6-7,16,18-19H,4-5,8-15,17H2,1-3H3. The molecule has 29 heavy (non-hydrogen) atoms. The van der Waals surface area contributed by atoms with Crippen LogP contribution in [0.3, 0.4) is 0 Å². The van der Waals surface area contributed by atoms with Crippen LogP contribution >= 0.6 is 15.9 Å². The average Bonchev–Trinajstić information content (AvgIpc) is 2.74. The molecule has 0 radical (unpaired) electrons. The molecule has 2 fully saturated rings. The van der Waals surface area contributed by atoms with Crippen LogP contribution in [0.1, 0.15) is 37.7 Å². The lowest BCUT2D eigenvalue weighted by atomic mass is 9.89. The fourth-order valence-corrected chi connectivity index (χ4v) is 5.09. The van der Waals surface area contributed by atoms with Crippen molar-refractivity contribution in [3.8, 4) is 5.75 Å². The molecule has 2 amide bonds. The van der Waals surface area contributed by atoms with Gasteiger partial charge >= 0.3 is 6.03 Å². The van der Waals surface area contributed by atoms with Gasteiger partial charge in [0.15, 0.2) is 0 Å². The molecule has 0 aliphatic carbocycles. The SMILES string of the molecule is COc1ccc(Br)c(CC2CCN(CCC3CCCN(C(=O)N(C)C)C3)CC2)c1. The van der Waals surface area contributed by atoms with Crippen molar-refractivity contribution in [1.29, 1.82) is 0 Å². The molecule has 0 spiro atoms. The van der Waals surface area contributed by atoms with Gasteiger partial charge in [-0.25, -0.2) is 4.79 Å². The van der Waals surface area contributed by atoms with Crippen LogP contribution in [-0.2, 0) is 6.42 Å². The monoisotopic (exact) mass is 465 g/mol. The summed E-state index contributed by atoms with van der Waals surface area (Å²) in [5.74, 6) is 2.34. The van der Waals surface area contributed by atoms with Crippen LogP contribution in [0.5, 0.6) is 5.75 Å². The molecule has 0 aromatic heterocycles. The van der Waals surface area contributed by atoms with Gasteiger partial charge in [-0.15, -0.1) is 0 Å². The van der Waals surface area contributed by atoms with E-state index in [1.807, 2.05) is 25.1 Å². The van der Waals surface area contributed by atoms with E-state index in [0.717, 1.165) is 37.6 Å². The van der Waals surface area contributed by atoms with Gasteiger partial charge in [0.2, 0.25) is 0 Å². The van der Waals surface area contributed by atoms with Gasteiger partial charge in [0, 0.05) is 31.7 Å². The minimum absolute atomic E-state index is 0.166. The topological polar surface area (TPSA) is 36.0 Å². The van der Waals surface area contributed by atoms with Crippen LogP contribution in [0.4, 0.5) is 4.79 Å². The third-order valence-electron chi connectivity index (χ3n) is 6.49. The summed E-state index contributed by atoms with van der Waals surface area (Å²) in [4.78, 5) is 18.6. The Morgan fingerprint density at radius 2 is 1.93 bits per heavy atom. The Hall–Kier alpha value is -1.27. The molecule has 0 N–H and O–H groups in total. The van der Waals surface area contributed by atoms with Gasteiger partial charge in [-0.1, -0.05) is 15.9 Å². The molecule has 2 heterocycles. The molecule has 1 aromatic carbocycles. The Balaban J connectivity index is 1.40. The van der Waals surface area contributed by atoms with Crippen LogP contribution in [0.2, 0.25) is 0 Å². The number of amides is 2. The number of urea groups is 1. The van der Waals surface area contributed by atoms with Crippen LogP contribution < -0.4 is 4.74 Å². The lowest BCUT2D eigenvalue weighted by Crippen LogP contribution is -2.45. The van der Waals surface area contributed by atoms with Crippen molar-refractivity contribution in [2.45, 2.75) is 38.5 Å². The van der Waals surface area contributed by atoms with Crippen molar-refractivity contribution in [3.63, 3.8) is 0 Å². The minimum Gasteiger partial charge on any atom is -0.497 e. The second-order valence-corrected chi connectivity index (χ2v) is 9.72. The second-order valence-electron chi connectivity index (χ2n) is 8.87. The number of nitrogens with zero attached hydrogens (tertiary/aromatic N) is 3. The van der Waals surface area contributed by atoms with E-state index in [0.29, 0.717) is 5.92 Å². The van der Waals surface area contributed by atoms with Gasteiger partial charge in [0.25, 0.3) is 0 Å². The van der Waals surface area contributed by atoms with Crippen molar-refractivity contribution in [3.05, 3.63) is 28.2 Å². The number of carbonyl (C=O) groups excluding carboxylic acids is 1. The highest BCUT2D eigenvalue weighted by molar-refractivity contribution is 9.10. The fourth-order valence-electron chi connectivity index (χ4n) is 4.68. The Bertz CT molecular complexity index is 674. The minimum atomic E-state index is 0.166. The normalized spacial score (nSPS) is 21.2. The number of carbonyl (C=O) groups is 1. The first-order chi connectivity index (χ1) is 14.0. The van der Waals surface area contributed by atoms with Crippen LogP contribution in [-0.4, -0.2) is 74.7 Å². The summed E-state index contributed by atoms with van der Waals surface area (Å²) in [7, 11) is 5.42. The Morgan fingerprint density at radius 3 is 2.62 bits per heavy atom. The predicted octanol–water partition coefficient (Wildman–Crippen LogP) is 4.50. The van der Waals surface area contributed by atoms with E-state index in [1.54, 1.807) is 12.0 Å². The molecule has 162 valence electrons. The number of likely N-dealkylation sites (tertiary alicyclic amines) is 2. The maximum Gasteiger partial charge on any atom is 0.319 e. The van der Waals surface area contributed by atoms with Gasteiger partial charge in [-0.05, 0) is 93.8 Å². The van der Waals surface area contributed by atoms with Crippen molar-refractivity contribution in [2.24, 2.45) is 11.8 Å². The molecule has 2 aliphatic rings. The zero-order valence-electron chi connectivity index (χ0n) is 18.2. The predicted molar refractivity (Wildman–Crippen MR) is 122 cm³/mol. The average molecular weight is 466 g/mol. The zero-order chi connectivity index (χ0) is 20.8. The summed E-state index contributed by atoms with van der Waals surface area (Å²) in [6.45, 7) is 5.40. The highest BCUT2D eigenvalue weighted by Crippen LogP contribution is 2.29. The number of piperidine rings is 2. The maximum atomic E-state index is 12.2. The smallest absolute Gasteiger partial charge is 0.319 e. The molecule has 6 heteroatoms. The van der Waals surface area contributed by atoms with E-state index in [2.05, 4.69) is 33.0 Å². The lowest BCUT2D eigenvalue weighted by molar-refractivity contribution is 0.127. The lowest BCUT2D eigenvalue weighted by Gasteiger charge is -2.36. The number of methoxy groups -OCH3 is 1. The summed E-state index contributed by atoms with van der Waals surface area (Å²) >= 11 is 3.69. The molecule has 5 nitrogen and oxygen atoms in total. The highest BCUT2D eigenvalue weighted by Gasteiger charge is 2.26. The second kappa shape index (κ2) is 10.7. The zero-order valence-corrected chi connectivity index (χ0v) is 19.8. The Kier molecular flexibility index (Phi) is 8.25. The third-order valence-corrected chi connectivity index (χ3v) is 7.27. The number of hydrogen-bond acceptors (Lipinski definition) is 3. The molecule has 2 aliphatic heterocycles. The summed E-state index contributed by atoms with van der Waals surface area (Å²) in [5, 5.41) is 0. The first kappa shape index (κ1) is 22.4. The summed E-state index contributed by atoms with van der Waals surface area (Å²) in [6.07, 6.45) is 7.26. The quantitative estimate of drug-likeness (QED) is 0.620. The molecule has 0 saturated carbocycles. The van der Waals surface area contributed by atoms with E-state index in [1.165, 1.54) is 55.4 Å². The van der Waals surface area contributed by atoms with E-state index in [4.69, 9.17) is 4.74 Å². The first-order valence-corrected chi connectivity index (χ1v) is 11.8. The molecule has 1 aromatic rings. The van der Waals surface area contributed by atoms with Gasteiger partial charge in [-0.3, -0.25) is 0 Å². The van der Waals surface area contributed by atoms with E-state index in [9.17, 15) is 4.79 Å². The largest absolute Gasteiger partial charge is 0.497 e. The number of ether oxygens (including phenoxy) is 1. The Morgan fingerprint density at radius 1 is 1.17 bits per heavy atom. The van der Waals surface area contributed by atoms with E-state index >= 15 is 0 Å². The molecule has 1 atom stereocenters. The van der Waals surface area contributed by atoms with Crippen molar-refractivity contribution in [1.82, 2.24) is 14.7 Å². The molecule has 3 rings (SSSR count). The summed E-state index contributed by atoms with van der Waals surface area (Å²) in [5.41, 5.74) is 1.36. The molecular formula is C23H36BrN3O2. The molecule has 1 unspecified atom stereocenters. The third kappa shape index (κ3) is 6.35. The number of rotatable bonds is 6. The molecular weight excluding hydrogens is 430 g/mol. The summed E-state index contributed by atoms with van der Waals surface area (Å²) in [6, 6.07) is 6.44. The van der Waals surface area contributed by atoms with Gasteiger partial charge < -0.3 is 19.4 Å². The molecule has 0 bridgehead atoms. The van der Waals surface area contributed by atoms with Crippen LogP contribution in [0.15, 0.2) is 22.7 Å². The fraction of sp³-hybridized carbons (Fsp3) is 0.696. The highest BCUT2D eigenvalue weighted by atomic mass is 79.9. The Labute approximate surface area is 184 Å². The molecule has 2 saturated heterocycles. The van der Waals surface area contributed by atoms with Gasteiger partial charge in [-0.2, -0.15) is 0 Å². The van der Waals surface area contributed by atoms with E-state index in [-0.39, 0.29) is 6.03 Å². The van der Waals surface area contributed by atoms with Gasteiger partial charge in [0.05, 0.1) is 7.11 Å². The van der Waals surface area contributed by atoms with Crippen LogP contribution in [0, 0.1) is 11.8 Å². The van der Waals surface area contributed by atoms with E-state index < -0.39 is 0 Å².